The van der Waals surface area contributed by atoms with Crippen LogP contribution in [-0.2, 0) is 0 Å². The highest BCUT2D eigenvalue weighted by molar-refractivity contribution is 5.98. The van der Waals surface area contributed by atoms with Crippen LogP contribution in [0.4, 0.5) is 0 Å². The third-order valence-corrected chi connectivity index (χ3v) is 6.09. The topological polar surface area (TPSA) is 70.2 Å². The summed E-state index contributed by atoms with van der Waals surface area (Å²) in [5.41, 5.74) is 10.7. The van der Waals surface area contributed by atoms with Crippen LogP contribution in [0.3, 0.4) is 0 Å². The Morgan fingerprint density at radius 1 is 0.750 bits per heavy atom. The Morgan fingerprint density at radius 3 is 2.47 bits per heavy atom. The van der Waals surface area contributed by atoms with E-state index in [4.69, 9.17) is 4.98 Å². The summed E-state index contributed by atoms with van der Waals surface area (Å²) >= 11 is 0. The van der Waals surface area contributed by atoms with Gasteiger partial charge in [0.15, 0.2) is 5.82 Å². The van der Waals surface area contributed by atoms with E-state index in [0.717, 1.165) is 50.1 Å². The SMILES string of the molecule is Cc1ccncc1-c1ccc2[nH]nc(-c3nc4c(-c5ccccc5C)cccc4[nH]3)c2c1. The molecule has 6 rings (SSSR count). The molecule has 0 amide bonds. The summed E-state index contributed by atoms with van der Waals surface area (Å²) in [4.78, 5) is 12.8. The molecule has 0 saturated carbocycles. The molecule has 3 heterocycles. The van der Waals surface area contributed by atoms with Crippen molar-refractivity contribution < 1.29 is 0 Å². The van der Waals surface area contributed by atoms with Crippen molar-refractivity contribution in [1.29, 1.82) is 0 Å². The van der Waals surface area contributed by atoms with Gasteiger partial charge in [-0.15, -0.1) is 0 Å². The molecule has 154 valence electrons. The summed E-state index contributed by atoms with van der Waals surface area (Å²) < 4.78 is 0. The van der Waals surface area contributed by atoms with Crippen LogP contribution in [0.15, 0.2) is 79.1 Å². The fraction of sp³-hybridized carbons (Fsp3) is 0.0741. The number of nitrogens with zero attached hydrogens (tertiary/aromatic N) is 3. The van der Waals surface area contributed by atoms with E-state index in [0.29, 0.717) is 0 Å². The molecule has 32 heavy (non-hydrogen) atoms. The lowest BCUT2D eigenvalue weighted by atomic mass is 9.99. The number of hydrogen-bond acceptors (Lipinski definition) is 3. The molecule has 2 N–H and O–H groups in total. The quantitative estimate of drug-likeness (QED) is 0.349. The van der Waals surface area contributed by atoms with Crippen molar-refractivity contribution in [3.05, 3.63) is 90.3 Å². The van der Waals surface area contributed by atoms with E-state index in [2.05, 4.69) is 94.7 Å². The van der Waals surface area contributed by atoms with Gasteiger partial charge in [-0.25, -0.2) is 4.98 Å². The Morgan fingerprint density at radius 2 is 1.59 bits per heavy atom. The summed E-state index contributed by atoms with van der Waals surface area (Å²) in [5.74, 6) is 0.757. The van der Waals surface area contributed by atoms with Crippen LogP contribution in [0.2, 0.25) is 0 Å². The van der Waals surface area contributed by atoms with Crippen LogP contribution >= 0.6 is 0 Å². The number of benzene rings is 3. The largest absolute Gasteiger partial charge is 0.337 e. The van der Waals surface area contributed by atoms with Crippen molar-refractivity contribution in [2.45, 2.75) is 13.8 Å². The number of aryl methyl sites for hydroxylation is 2. The number of para-hydroxylation sites is 1. The van der Waals surface area contributed by atoms with Gasteiger partial charge in [0.2, 0.25) is 0 Å². The van der Waals surface area contributed by atoms with Gasteiger partial charge in [0, 0.05) is 28.9 Å². The average Bonchev–Trinajstić information content (AvgIpc) is 3.43. The van der Waals surface area contributed by atoms with Gasteiger partial charge in [-0.2, -0.15) is 5.10 Å². The highest BCUT2D eigenvalue weighted by atomic mass is 15.1. The van der Waals surface area contributed by atoms with Crippen LogP contribution in [0.25, 0.3) is 55.7 Å². The number of pyridine rings is 1. The minimum absolute atomic E-state index is 0.757. The zero-order chi connectivity index (χ0) is 21.7. The Bertz CT molecular complexity index is 1610. The highest BCUT2D eigenvalue weighted by Crippen LogP contribution is 2.34. The lowest BCUT2D eigenvalue weighted by Crippen LogP contribution is -1.86. The number of aromatic amines is 2. The maximum Gasteiger partial charge on any atom is 0.159 e. The molecular formula is C27H21N5. The lowest BCUT2D eigenvalue weighted by Gasteiger charge is -2.06. The normalized spacial score (nSPS) is 11.4. The van der Waals surface area contributed by atoms with Gasteiger partial charge in [-0.05, 0) is 60.4 Å². The number of nitrogens with one attached hydrogen (secondary N) is 2. The van der Waals surface area contributed by atoms with Crippen molar-refractivity contribution in [2.75, 3.05) is 0 Å². The molecule has 0 aliphatic carbocycles. The van der Waals surface area contributed by atoms with Crippen LogP contribution < -0.4 is 0 Å². The van der Waals surface area contributed by atoms with Crippen molar-refractivity contribution in [2.24, 2.45) is 0 Å². The molecule has 6 aromatic rings. The molecule has 3 aromatic heterocycles. The van der Waals surface area contributed by atoms with E-state index in [1.165, 1.54) is 16.7 Å². The third-order valence-electron chi connectivity index (χ3n) is 6.09. The predicted molar refractivity (Wildman–Crippen MR) is 129 cm³/mol. The number of rotatable bonds is 3. The van der Waals surface area contributed by atoms with Gasteiger partial charge in [0.05, 0.1) is 16.6 Å². The zero-order valence-electron chi connectivity index (χ0n) is 17.8. The number of imidazole rings is 1. The third kappa shape index (κ3) is 2.90. The van der Waals surface area contributed by atoms with Crippen molar-refractivity contribution >= 4 is 21.9 Å². The number of fused-ring (bicyclic) bond motifs is 2. The monoisotopic (exact) mass is 415 g/mol. The molecule has 0 bridgehead atoms. The van der Waals surface area contributed by atoms with E-state index >= 15 is 0 Å². The smallest absolute Gasteiger partial charge is 0.159 e. The average molecular weight is 416 g/mol. The van der Waals surface area contributed by atoms with Gasteiger partial charge in [-0.1, -0.05) is 42.5 Å². The van der Waals surface area contributed by atoms with Gasteiger partial charge >= 0.3 is 0 Å². The second-order valence-electron chi connectivity index (χ2n) is 8.13. The maximum atomic E-state index is 4.99. The van der Waals surface area contributed by atoms with Gasteiger partial charge in [0.25, 0.3) is 0 Å². The summed E-state index contributed by atoms with van der Waals surface area (Å²) in [6.07, 6.45) is 3.73. The molecule has 0 aliphatic rings. The molecule has 0 atom stereocenters. The number of aromatic nitrogens is 5. The zero-order valence-corrected chi connectivity index (χ0v) is 17.8. The van der Waals surface area contributed by atoms with E-state index in [1.54, 1.807) is 0 Å². The van der Waals surface area contributed by atoms with Crippen LogP contribution in [0.1, 0.15) is 11.1 Å². The number of hydrogen-bond donors (Lipinski definition) is 2. The fourth-order valence-corrected chi connectivity index (χ4v) is 4.37. The minimum Gasteiger partial charge on any atom is -0.337 e. The van der Waals surface area contributed by atoms with Crippen LogP contribution in [0, 0.1) is 13.8 Å². The molecule has 5 nitrogen and oxygen atoms in total. The van der Waals surface area contributed by atoms with E-state index in [9.17, 15) is 0 Å². The van der Waals surface area contributed by atoms with E-state index in [1.807, 2.05) is 18.5 Å². The minimum atomic E-state index is 0.757. The number of H-pyrrole nitrogens is 2. The van der Waals surface area contributed by atoms with Crippen molar-refractivity contribution in [3.63, 3.8) is 0 Å². The molecule has 0 unspecified atom stereocenters. The van der Waals surface area contributed by atoms with E-state index in [-0.39, 0.29) is 0 Å². The first-order chi connectivity index (χ1) is 15.7. The molecule has 0 radical (unpaired) electrons. The summed E-state index contributed by atoms with van der Waals surface area (Å²) in [7, 11) is 0. The molecule has 0 saturated heterocycles. The van der Waals surface area contributed by atoms with E-state index < -0.39 is 0 Å². The molecular weight excluding hydrogens is 394 g/mol. The second kappa shape index (κ2) is 7.17. The lowest BCUT2D eigenvalue weighted by molar-refractivity contribution is 1.11. The van der Waals surface area contributed by atoms with Gasteiger partial charge in [0.1, 0.15) is 5.69 Å². The second-order valence-corrected chi connectivity index (χ2v) is 8.13. The fourth-order valence-electron chi connectivity index (χ4n) is 4.37. The molecule has 3 aromatic carbocycles. The highest BCUT2D eigenvalue weighted by Gasteiger charge is 2.16. The molecule has 5 heteroatoms. The van der Waals surface area contributed by atoms with Crippen molar-refractivity contribution in [1.82, 2.24) is 25.1 Å². The standard InChI is InChI=1S/C27H21N5/c1-16-6-3-4-7-19(16)20-8-5-9-24-25(20)30-27(29-24)26-21-14-18(10-11-23(21)31-32-26)22-15-28-13-12-17(22)2/h3-15H,1-2H3,(H,29,30)(H,31,32). The van der Waals surface area contributed by atoms with Gasteiger partial charge < -0.3 is 4.98 Å². The summed E-state index contributed by atoms with van der Waals surface area (Å²) in [5, 5.41) is 8.79. The summed E-state index contributed by atoms with van der Waals surface area (Å²) in [6.45, 7) is 4.23. The Balaban J connectivity index is 1.53. The van der Waals surface area contributed by atoms with Gasteiger partial charge in [-0.3, -0.25) is 10.1 Å². The predicted octanol–water partition coefficient (Wildman–Crippen LogP) is 6.45. The Hall–Kier alpha value is -4.25. The first kappa shape index (κ1) is 18.5. The van der Waals surface area contributed by atoms with Crippen LogP contribution in [-0.4, -0.2) is 25.1 Å². The van der Waals surface area contributed by atoms with Crippen LogP contribution in [0.5, 0.6) is 0 Å². The Labute approximate surface area is 185 Å². The maximum absolute atomic E-state index is 4.99. The Kier molecular flexibility index (Phi) is 4.15. The first-order valence-corrected chi connectivity index (χ1v) is 10.6. The molecule has 0 spiro atoms. The molecule has 0 fully saturated rings. The first-order valence-electron chi connectivity index (χ1n) is 10.6. The van der Waals surface area contributed by atoms with Crippen molar-refractivity contribution in [3.8, 4) is 33.8 Å². The molecule has 0 aliphatic heterocycles. The summed E-state index contributed by atoms with van der Waals surface area (Å²) in [6, 6.07) is 23.0.